The molecule has 1 amide bonds. The summed E-state index contributed by atoms with van der Waals surface area (Å²) in [6.45, 7) is 5.84. The van der Waals surface area contributed by atoms with Crippen LogP contribution >= 0.6 is 0 Å². The van der Waals surface area contributed by atoms with Crippen molar-refractivity contribution in [3.05, 3.63) is 29.8 Å². The number of hydrogen-bond acceptors (Lipinski definition) is 4. The number of carbonyl (C=O) groups excluding carboxylic acids is 1. The van der Waals surface area contributed by atoms with Crippen molar-refractivity contribution in [2.24, 2.45) is 0 Å². The van der Waals surface area contributed by atoms with Crippen molar-refractivity contribution >= 4 is 21.9 Å². The van der Waals surface area contributed by atoms with E-state index in [2.05, 4.69) is 0 Å². The lowest BCUT2D eigenvalue weighted by Gasteiger charge is -2.21. The van der Waals surface area contributed by atoms with E-state index in [9.17, 15) is 18.0 Å². The maximum Gasteiger partial charge on any atom is 0.326 e. The highest BCUT2D eigenvalue weighted by atomic mass is 32.2. The Morgan fingerprint density at radius 3 is 2.08 bits per heavy atom. The van der Waals surface area contributed by atoms with E-state index in [1.165, 1.54) is 35.3 Å². The van der Waals surface area contributed by atoms with Gasteiger partial charge in [0.2, 0.25) is 15.9 Å². The molecule has 1 aromatic carbocycles. The molecule has 7 nitrogen and oxygen atoms in total. The molecule has 0 radical (unpaired) electrons. The van der Waals surface area contributed by atoms with Gasteiger partial charge in [-0.2, -0.15) is 4.31 Å². The lowest BCUT2D eigenvalue weighted by molar-refractivity contribution is -0.148. The average molecular weight is 370 g/mol. The van der Waals surface area contributed by atoms with Gasteiger partial charge >= 0.3 is 5.97 Å². The lowest BCUT2D eigenvalue weighted by atomic mass is 10.1. The smallest absolute Gasteiger partial charge is 0.326 e. The second-order valence-corrected chi connectivity index (χ2v) is 7.69. The number of sulfonamides is 1. The Bertz CT molecular complexity index is 696. The van der Waals surface area contributed by atoms with Crippen LogP contribution in [0.2, 0.25) is 0 Å². The predicted molar refractivity (Wildman–Crippen MR) is 94.7 cm³/mol. The quantitative estimate of drug-likeness (QED) is 0.712. The fourth-order valence-corrected chi connectivity index (χ4v) is 3.81. The molecule has 0 aliphatic rings. The molecule has 0 saturated carbocycles. The summed E-state index contributed by atoms with van der Waals surface area (Å²) in [5, 5.41) is 8.92. The Balaban J connectivity index is 2.75. The van der Waals surface area contributed by atoms with Crippen molar-refractivity contribution in [3.63, 3.8) is 0 Å². The fraction of sp³-hybridized carbons (Fsp3) is 0.529. The molecule has 0 aromatic heterocycles. The zero-order valence-electron chi connectivity index (χ0n) is 15.1. The number of carbonyl (C=O) groups is 2. The fourth-order valence-electron chi connectivity index (χ4n) is 2.35. The molecule has 0 heterocycles. The normalized spacial score (nSPS) is 12.8. The first-order chi connectivity index (χ1) is 11.6. The van der Waals surface area contributed by atoms with Gasteiger partial charge in [-0.3, -0.25) is 4.79 Å². The first-order valence-corrected chi connectivity index (χ1v) is 9.66. The molecule has 1 unspecified atom stereocenters. The summed E-state index contributed by atoms with van der Waals surface area (Å²) in [6, 6.07) is 5.57. The van der Waals surface area contributed by atoms with Crippen molar-refractivity contribution in [1.82, 2.24) is 9.21 Å². The maximum atomic E-state index is 12.4. The van der Waals surface area contributed by atoms with Gasteiger partial charge in [-0.05, 0) is 31.0 Å². The Morgan fingerprint density at radius 1 is 1.12 bits per heavy atom. The van der Waals surface area contributed by atoms with Gasteiger partial charge in [0.15, 0.2) is 0 Å². The third kappa shape index (κ3) is 5.27. The van der Waals surface area contributed by atoms with Gasteiger partial charge in [0.25, 0.3) is 0 Å². The number of hydrogen-bond donors (Lipinski definition) is 1. The van der Waals surface area contributed by atoms with Crippen molar-refractivity contribution in [3.8, 4) is 0 Å². The van der Waals surface area contributed by atoms with Gasteiger partial charge in [-0.1, -0.05) is 26.0 Å². The van der Waals surface area contributed by atoms with Crippen LogP contribution in [0.3, 0.4) is 0 Å². The Labute approximate surface area is 149 Å². The zero-order chi connectivity index (χ0) is 19.2. The summed E-state index contributed by atoms with van der Waals surface area (Å²) in [5.41, 5.74) is 0.822. The van der Waals surface area contributed by atoms with Crippen LogP contribution in [0.5, 0.6) is 0 Å². The van der Waals surface area contributed by atoms with Gasteiger partial charge in [-0.15, -0.1) is 0 Å². The number of aryl methyl sites for hydroxylation is 1. The maximum absolute atomic E-state index is 12.4. The number of carboxylic acid groups (broad SMARTS) is 1. The molecule has 0 bridgehead atoms. The number of rotatable bonds is 9. The Hall–Kier alpha value is -1.93. The largest absolute Gasteiger partial charge is 0.480 e. The van der Waals surface area contributed by atoms with Crippen molar-refractivity contribution < 1.29 is 23.1 Å². The zero-order valence-corrected chi connectivity index (χ0v) is 15.9. The molecular formula is C17H26N2O5S. The molecule has 25 heavy (non-hydrogen) atoms. The Kier molecular flexibility index (Phi) is 7.57. The predicted octanol–water partition coefficient (Wildman–Crippen LogP) is 1.58. The summed E-state index contributed by atoms with van der Waals surface area (Å²) in [4.78, 5) is 24.3. The van der Waals surface area contributed by atoms with E-state index in [-0.39, 0.29) is 17.2 Å². The standard InChI is InChI=1S/C17H26N2O5S/c1-5-19(6-2)25(23,24)15-10-7-14(8-11-15)9-12-16(20)18(4)13(3)17(21)22/h7-8,10-11,13H,5-6,9,12H2,1-4H3,(H,21,22). The highest BCUT2D eigenvalue weighted by Crippen LogP contribution is 2.17. The highest BCUT2D eigenvalue weighted by Gasteiger charge is 2.22. The van der Waals surface area contributed by atoms with Gasteiger partial charge in [0.1, 0.15) is 6.04 Å². The van der Waals surface area contributed by atoms with Crippen LogP contribution in [0.4, 0.5) is 0 Å². The van der Waals surface area contributed by atoms with Crippen LogP contribution in [-0.2, 0) is 26.0 Å². The van der Waals surface area contributed by atoms with E-state index < -0.39 is 22.0 Å². The monoisotopic (exact) mass is 370 g/mol. The van der Waals surface area contributed by atoms with Crippen LogP contribution in [-0.4, -0.2) is 60.8 Å². The SMILES string of the molecule is CCN(CC)S(=O)(=O)c1ccc(CCC(=O)N(C)C(C)C(=O)O)cc1. The third-order valence-electron chi connectivity index (χ3n) is 4.23. The first-order valence-electron chi connectivity index (χ1n) is 8.22. The minimum Gasteiger partial charge on any atom is -0.480 e. The molecule has 1 N–H and O–H groups in total. The number of carboxylic acids is 1. The van der Waals surface area contributed by atoms with Crippen LogP contribution < -0.4 is 0 Å². The Morgan fingerprint density at radius 2 is 1.64 bits per heavy atom. The second-order valence-electron chi connectivity index (χ2n) is 5.75. The number of aliphatic carboxylic acids is 1. The topological polar surface area (TPSA) is 95.0 Å². The average Bonchev–Trinajstić information content (AvgIpc) is 2.59. The molecule has 1 rings (SSSR count). The number of nitrogens with zero attached hydrogens (tertiary/aromatic N) is 2. The molecule has 8 heteroatoms. The summed E-state index contributed by atoms with van der Waals surface area (Å²) < 4.78 is 26.2. The molecular weight excluding hydrogens is 344 g/mol. The molecule has 1 atom stereocenters. The van der Waals surface area contributed by atoms with Crippen molar-refractivity contribution in [2.45, 2.75) is 44.6 Å². The number of likely N-dealkylation sites (N-methyl/N-ethyl adjacent to an activating group) is 1. The van der Waals surface area contributed by atoms with Gasteiger partial charge in [0.05, 0.1) is 4.90 Å². The molecule has 0 spiro atoms. The highest BCUT2D eigenvalue weighted by molar-refractivity contribution is 7.89. The summed E-state index contributed by atoms with van der Waals surface area (Å²) in [5.74, 6) is -1.32. The van der Waals surface area contributed by atoms with Gasteiger partial charge in [0, 0.05) is 26.6 Å². The third-order valence-corrected chi connectivity index (χ3v) is 6.29. The van der Waals surface area contributed by atoms with E-state index in [4.69, 9.17) is 5.11 Å². The van der Waals surface area contributed by atoms with E-state index in [0.717, 1.165) is 5.56 Å². The van der Waals surface area contributed by atoms with E-state index >= 15 is 0 Å². The van der Waals surface area contributed by atoms with Crippen molar-refractivity contribution in [2.75, 3.05) is 20.1 Å². The van der Waals surface area contributed by atoms with Crippen molar-refractivity contribution in [1.29, 1.82) is 0 Å². The second kappa shape index (κ2) is 8.96. The first kappa shape index (κ1) is 21.1. The molecule has 140 valence electrons. The summed E-state index contributed by atoms with van der Waals surface area (Å²) in [6.07, 6.45) is 0.581. The lowest BCUT2D eigenvalue weighted by Crippen LogP contribution is -2.40. The van der Waals surface area contributed by atoms with E-state index in [1.54, 1.807) is 26.0 Å². The van der Waals surface area contributed by atoms with E-state index in [1.807, 2.05) is 0 Å². The minimum atomic E-state index is -3.49. The van der Waals surface area contributed by atoms with Gasteiger partial charge < -0.3 is 10.0 Å². The molecule has 1 aromatic rings. The molecule has 0 aliphatic carbocycles. The molecule has 0 fully saturated rings. The summed E-state index contributed by atoms with van der Waals surface area (Å²) >= 11 is 0. The van der Waals surface area contributed by atoms with E-state index in [0.29, 0.717) is 19.5 Å². The summed E-state index contributed by atoms with van der Waals surface area (Å²) in [7, 11) is -2.03. The van der Waals surface area contributed by atoms with Crippen LogP contribution in [0.25, 0.3) is 0 Å². The molecule has 0 aliphatic heterocycles. The van der Waals surface area contributed by atoms with Crippen LogP contribution in [0.1, 0.15) is 32.8 Å². The van der Waals surface area contributed by atoms with Crippen LogP contribution in [0.15, 0.2) is 29.2 Å². The number of amides is 1. The minimum absolute atomic E-state index is 0.163. The van der Waals surface area contributed by atoms with Crippen LogP contribution in [0, 0.1) is 0 Å². The number of benzene rings is 1. The molecule has 0 saturated heterocycles. The van der Waals surface area contributed by atoms with Gasteiger partial charge in [-0.25, -0.2) is 13.2 Å².